The minimum absolute atomic E-state index is 0.107. The molecule has 0 unspecified atom stereocenters. The predicted molar refractivity (Wildman–Crippen MR) is 104 cm³/mol. The molecule has 1 amide bonds. The number of hydrogen-bond acceptors (Lipinski definition) is 4. The Morgan fingerprint density at radius 2 is 1.63 bits per heavy atom. The maximum Gasteiger partial charge on any atom is 0.254 e. The van der Waals surface area contributed by atoms with E-state index in [0.717, 1.165) is 24.8 Å². The van der Waals surface area contributed by atoms with Gasteiger partial charge in [0.15, 0.2) is 5.82 Å². The van der Waals surface area contributed by atoms with E-state index in [-0.39, 0.29) is 11.9 Å². The summed E-state index contributed by atoms with van der Waals surface area (Å²) in [5.41, 5.74) is 2.67. The highest BCUT2D eigenvalue weighted by atomic mass is 16.1. The standard InChI is InChI=1S/C22H22N4O/c27-22(18-14-24-21(25-15-18)17-10-12-23-13-11-17)26-20-9-5-4-8-19(20)16-6-2-1-3-7-16/h1-3,6-7,10-15,19-20H,4-5,8-9H2,(H,26,27)/t19-,20+/m0/s1. The molecule has 0 spiro atoms. The van der Waals surface area contributed by atoms with Crippen LogP contribution in [-0.2, 0) is 0 Å². The first-order valence-corrected chi connectivity index (χ1v) is 9.39. The number of benzene rings is 1. The quantitative estimate of drug-likeness (QED) is 0.765. The lowest BCUT2D eigenvalue weighted by atomic mass is 9.80. The average Bonchev–Trinajstić information content (AvgIpc) is 2.75. The Kier molecular flexibility index (Phi) is 5.19. The molecule has 1 N–H and O–H groups in total. The third-order valence-corrected chi connectivity index (χ3v) is 5.16. The van der Waals surface area contributed by atoms with Gasteiger partial charge in [0, 0.05) is 42.3 Å². The van der Waals surface area contributed by atoms with Crippen molar-refractivity contribution in [2.24, 2.45) is 0 Å². The summed E-state index contributed by atoms with van der Waals surface area (Å²) in [6, 6.07) is 14.3. The van der Waals surface area contributed by atoms with Gasteiger partial charge in [-0.05, 0) is 30.5 Å². The number of carbonyl (C=O) groups excluding carboxylic acids is 1. The molecule has 1 saturated carbocycles. The van der Waals surface area contributed by atoms with E-state index in [1.54, 1.807) is 24.8 Å². The van der Waals surface area contributed by atoms with Gasteiger partial charge >= 0.3 is 0 Å². The Morgan fingerprint density at radius 1 is 0.926 bits per heavy atom. The smallest absolute Gasteiger partial charge is 0.254 e. The van der Waals surface area contributed by atoms with Gasteiger partial charge in [-0.25, -0.2) is 9.97 Å². The van der Waals surface area contributed by atoms with E-state index in [0.29, 0.717) is 17.3 Å². The van der Waals surface area contributed by atoms with E-state index in [2.05, 4.69) is 44.5 Å². The summed E-state index contributed by atoms with van der Waals surface area (Å²) in [4.78, 5) is 25.4. The van der Waals surface area contributed by atoms with Crippen LogP contribution in [0.15, 0.2) is 67.3 Å². The summed E-state index contributed by atoms with van der Waals surface area (Å²) in [7, 11) is 0. The molecule has 27 heavy (non-hydrogen) atoms. The summed E-state index contributed by atoms with van der Waals surface area (Å²) in [5, 5.41) is 3.21. The predicted octanol–water partition coefficient (Wildman–Crippen LogP) is 3.99. The molecule has 0 radical (unpaired) electrons. The van der Waals surface area contributed by atoms with Crippen LogP contribution in [0.2, 0.25) is 0 Å². The zero-order valence-electron chi connectivity index (χ0n) is 15.1. The van der Waals surface area contributed by atoms with Gasteiger partial charge in [-0.2, -0.15) is 0 Å². The van der Waals surface area contributed by atoms with Crippen molar-refractivity contribution in [3.05, 3.63) is 78.4 Å². The van der Waals surface area contributed by atoms with E-state index < -0.39 is 0 Å². The lowest BCUT2D eigenvalue weighted by Gasteiger charge is -2.32. The number of pyridine rings is 1. The Labute approximate surface area is 158 Å². The van der Waals surface area contributed by atoms with Crippen LogP contribution >= 0.6 is 0 Å². The van der Waals surface area contributed by atoms with Gasteiger partial charge in [-0.3, -0.25) is 9.78 Å². The Bertz CT molecular complexity index is 881. The number of nitrogens with one attached hydrogen (secondary N) is 1. The highest BCUT2D eigenvalue weighted by Crippen LogP contribution is 2.33. The molecule has 0 bridgehead atoms. The van der Waals surface area contributed by atoms with Crippen LogP contribution in [0.5, 0.6) is 0 Å². The maximum atomic E-state index is 12.7. The summed E-state index contributed by atoms with van der Waals surface area (Å²) in [6.07, 6.45) is 11.0. The van der Waals surface area contributed by atoms with E-state index in [1.807, 2.05) is 18.2 Å². The van der Waals surface area contributed by atoms with E-state index >= 15 is 0 Å². The third kappa shape index (κ3) is 4.03. The van der Waals surface area contributed by atoms with Crippen molar-refractivity contribution in [2.45, 2.75) is 37.6 Å². The second-order valence-electron chi connectivity index (χ2n) is 6.91. The molecule has 1 fully saturated rings. The fourth-order valence-corrected chi connectivity index (χ4v) is 3.75. The first kappa shape index (κ1) is 17.3. The zero-order chi connectivity index (χ0) is 18.5. The molecule has 0 saturated heterocycles. The van der Waals surface area contributed by atoms with Crippen molar-refractivity contribution in [3.63, 3.8) is 0 Å². The zero-order valence-corrected chi connectivity index (χ0v) is 15.1. The molecule has 0 aliphatic heterocycles. The highest BCUT2D eigenvalue weighted by Gasteiger charge is 2.28. The molecule has 5 nitrogen and oxygen atoms in total. The number of aromatic nitrogens is 3. The molecule has 136 valence electrons. The third-order valence-electron chi connectivity index (χ3n) is 5.16. The second-order valence-corrected chi connectivity index (χ2v) is 6.91. The Morgan fingerprint density at radius 3 is 2.37 bits per heavy atom. The number of rotatable bonds is 4. The van der Waals surface area contributed by atoms with Crippen molar-refractivity contribution >= 4 is 5.91 Å². The molecular weight excluding hydrogens is 336 g/mol. The number of amides is 1. The van der Waals surface area contributed by atoms with Crippen LogP contribution in [0.4, 0.5) is 0 Å². The highest BCUT2D eigenvalue weighted by molar-refractivity contribution is 5.94. The molecule has 2 heterocycles. The normalized spacial score (nSPS) is 19.4. The van der Waals surface area contributed by atoms with E-state index in [9.17, 15) is 4.79 Å². The maximum absolute atomic E-state index is 12.7. The largest absolute Gasteiger partial charge is 0.349 e. The van der Waals surface area contributed by atoms with E-state index in [1.165, 1.54) is 12.0 Å². The Balaban J connectivity index is 1.47. The first-order valence-electron chi connectivity index (χ1n) is 9.39. The van der Waals surface area contributed by atoms with Gasteiger partial charge in [0.1, 0.15) is 0 Å². The molecule has 1 aliphatic carbocycles. The van der Waals surface area contributed by atoms with Crippen molar-refractivity contribution in [1.29, 1.82) is 0 Å². The van der Waals surface area contributed by atoms with Gasteiger partial charge in [-0.15, -0.1) is 0 Å². The van der Waals surface area contributed by atoms with Crippen LogP contribution < -0.4 is 5.32 Å². The lowest BCUT2D eigenvalue weighted by molar-refractivity contribution is 0.0920. The molecule has 2 atom stereocenters. The van der Waals surface area contributed by atoms with Crippen LogP contribution in [0, 0.1) is 0 Å². The van der Waals surface area contributed by atoms with Gasteiger partial charge in [-0.1, -0.05) is 43.2 Å². The lowest BCUT2D eigenvalue weighted by Crippen LogP contribution is -2.41. The minimum atomic E-state index is -0.107. The number of hydrogen-bond donors (Lipinski definition) is 1. The van der Waals surface area contributed by atoms with Crippen molar-refractivity contribution < 1.29 is 4.79 Å². The molecule has 2 aromatic heterocycles. The fourth-order valence-electron chi connectivity index (χ4n) is 3.75. The number of nitrogens with zero attached hydrogens (tertiary/aromatic N) is 3. The molecule has 4 rings (SSSR count). The molecular formula is C22H22N4O. The minimum Gasteiger partial charge on any atom is -0.349 e. The molecule has 1 aromatic carbocycles. The van der Waals surface area contributed by atoms with Gasteiger partial charge in [0.2, 0.25) is 0 Å². The SMILES string of the molecule is O=C(N[C@@H]1CCCC[C@H]1c1ccccc1)c1cnc(-c2ccncc2)nc1. The summed E-state index contributed by atoms with van der Waals surface area (Å²) in [5.74, 6) is 0.846. The Hall–Kier alpha value is -3.08. The monoisotopic (exact) mass is 358 g/mol. The topological polar surface area (TPSA) is 67.8 Å². The number of carbonyl (C=O) groups is 1. The molecule has 1 aliphatic rings. The van der Waals surface area contributed by atoms with Crippen LogP contribution in [0.3, 0.4) is 0 Å². The summed E-state index contributed by atoms with van der Waals surface area (Å²) >= 11 is 0. The van der Waals surface area contributed by atoms with Crippen LogP contribution in [0.1, 0.15) is 47.5 Å². The van der Waals surface area contributed by atoms with Crippen molar-refractivity contribution in [3.8, 4) is 11.4 Å². The van der Waals surface area contributed by atoms with Gasteiger partial charge < -0.3 is 5.32 Å². The average molecular weight is 358 g/mol. The van der Waals surface area contributed by atoms with E-state index in [4.69, 9.17) is 0 Å². The van der Waals surface area contributed by atoms with Crippen LogP contribution in [0.25, 0.3) is 11.4 Å². The second kappa shape index (κ2) is 8.08. The van der Waals surface area contributed by atoms with Crippen LogP contribution in [-0.4, -0.2) is 26.9 Å². The fraction of sp³-hybridized carbons (Fsp3) is 0.273. The molecule has 5 heteroatoms. The summed E-state index contributed by atoms with van der Waals surface area (Å²) < 4.78 is 0. The molecule has 3 aromatic rings. The van der Waals surface area contributed by atoms with Crippen molar-refractivity contribution in [2.75, 3.05) is 0 Å². The van der Waals surface area contributed by atoms with Crippen molar-refractivity contribution in [1.82, 2.24) is 20.3 Å². The first-order chi connectivity index (χ1) is 13.3. The summed E-state index contributed by atoms with van der Waals surface area (Å²) in [6.45, 7) is 0. The van der Waals surface area contributed by atoms with Gasteiger partial charge in [0.25, 0.3) is 5.91 Å². The van der Waals surface area contributed by atoms with Gasteiger partial charge in [0.05, 0.1) is 5.56 Å².